The molecule has 26 heavy (non-hydrogen) atoms. The summed E-state index contributed by atoms with van der Waals surface area (Å²) in [5, 5.41) is 9.08. The van der Waals surface area contributed by atoms with Crippen molar-refractivity contribution in [1.82, 2.24) is 0 Å². The summed E-state index contributed by atoms with van der Waals surface area (Å²) in [6.07, 6.45) is -1.80. The first kappa shape index (κ1) is 17.6. The second kappa shape index (κ2) is 8.28. The SMILES string of the molecule is N#C[C@H]1C[C@H](OC(=O)c2ccccc2)[C@@H](COC(=O)c2ccccc2)O1. The number of nitriles is 1. The number of esters is 2. The van der Waals surface area contributed by atoms with E-state index in [0.717, 1.165) is 0 Å². The molecule has 1 heterocycles. The Morgan fingerprint density at radius 3 is 2.15 bits per heavy atom. The van der Waals surface area contributed by atoms with E-state index in [4.69, 9.17) is 19.5 Å². The molecule has 0 amide bonds. The van der Waals surface area contributed by atoms with Crippen LogP contribution in [0, 0.1) is 11.3 Å². The van der Waals surface area contributed by atoms with Gasteiger partial charge in [-0.1, -0.05) is 36.4 Å². The quantitative estimate of drug-likeness (QED) is 0.770. The smallest absolute Gasteiger partial charge is 0.338 e. The first-order valence-electron chi connectivity index (χ1n) is 8.20. The van der Waals surface area contributed by atoms with Crippen molar-refractivity contribution in [2.75, 3.05) is 6.61 Å². The van der Waals surface area contributed by atoms with Crippen LogP contribution < -0.4 is 0 Å². The summed E-state index contributed by atoms with van der Waals surface area (Å²) in [6, 6.07) is 19.1. The van der Waals surface area contributed by atoms with Crippen LogP contribution in [-0.4, -0.2) is 36.9 Å². The molecule has 0 aliphatic carbocycles. The summed E-state index contributed by atoms with van der Waals surface area (Å²) in [6.45, 7) is -0.0986. The van der Waals surface area contributed by atoms with Crippen LogP contribution in [0.15, 0.2) is 60.7 Å². The normalized spacial score (nSPS) is 21.6. The van der Waals surface area contributed by atoms with Crippen molar-refractivity contribution in [3.8, 4) is 6.07 Å². The number of rotatable bonds is 5. The lowest BCUT2D eigenvalue weighted by Crippen LogP contribution is -2.32. The molecular weight excluding hydrogens is 334 g/mol. The van der Waals surface area contributed by atoms with Gasteiger partial charge in [0.25, 0.3) is 0 Å². The highest BCUT2D eigenvalue weighted by Gasteiger charge is 2.39. The molecule has 1 aliphatic rings. The van der Waals surface area contributed by atoms with E-state index in [9.17, 15) is 9.59 Å². The third-order valence-electron chi connectivity index (χ3n) is 4.00. The van der Waals surface area contributed by atoms with E-state index < -0.39 is 30.3 Å². The van der Waals surface area contributed by atoms with Crippen LogP contribution in [0.1, 0.15) is 27.1 Å². The predicted octanol–water partition coefficient (Wildman–Crippen LogP) is 2.75. The van der Waals surface area contributed by atoms with E-state index >= 15 is 0 Å². The minimum atomic E-state index is -0.705. The van der Waals surface area contributed by atoms with E-state index in [-0.39, 0.29) is 13.0 Å². The number of benzene rings is 2. The van der Waals surface area contributed by atoms with Gasteiger partial charge in [-0.3, -0.25) is 0 Å². The number of nitrogens with zero attached hydrogens (tertiary/aromatic N) is 1. The second-order valence-corrected chi connectivity index (χ2v) is 5.80. The van der Waals surface area contributed by atoms with E-state index in [2.05, 4.69) is 0 Å². The lowest BCUT2D eigenvalue weighted by Gasteiger charge is -2.18. The predicted molar refractivity (Wildman–Crippen MR) is 91.3 cm³/mol. The largest absolute Gasteiger partial charge is 0.459 e. The van der Waals surface area contributed by atoms with Crippen LogP contribution in [0.3, 0.4) is 0 Å². The third kappa shape index (κ3) is 4.26. The molecule has 0 aromatic heterocycles. The molecule has 1 saturated heterocycles. The maximum Gasteiger partial charge on any atom is 0.338 e. The van der Waals surface area contributed by atoms with Gasteiger partial charge >= 0.3 is 11.9 Å². The van der Waals surface area contributed by atoms with Gasteiger partial charge in [0.2, 0.25) is 0 Å². The lowest BCUT2D eigenvalue weighted by atomic mass is 10.1. The highest BCUT2D eigenvalue weighted by molar-refractivity contribution is 5.90. The van der Waals surface area contributed by atoms with E-state index in [0.29, 0.717) is 11.1 Å². The van der Waals surface area contributed by atoms with Gasteiger partial charge in [0.15, 0.2) is 0 Å². The highest BCUT2D eigenvalue weighted by Crippen LogP contribution is 2.24. The summed E-state index contributed by atoms with van der Waals surface area (Å²) < 4.78 is 16.3. The minimum Gasteiger partial charge on any atom is -0.459 e. The second-order valence-electron chi connectivity index (χ2n) is 5.80. The van der Waals surface area contributed by atoms with Crippen molar-refractivity contribution in [1.29, 1.82) is 5.26 Å². The zero-order valence-electron chi connectivity index (χ0n) is 13.9. The minimum absolute atomic E-state index is 0.0986. The van der Waals surface area contributed by atoms with Gasteiger partial charge in [0.1, 0.15) is 24.9 Å². The average Bonchev–Trinajstić information content (AvgIpc) is 3.09. The Bertz CT molecular complexity index is 800. The summed E-state index contributed by atoms with van der Waals surface area (Å²) in [4.78, 5) is 24.3. The molecular formula is C20H17NO5. The van der Waals surface area contributed by atoms with E-state index in [1.165, 1.54) is 0 Å². The molecule has 0 saturated carbocycles. The van der Waals surface area contributed by atoms with Gasteiger partial charge in [-0.25, -0.2) is 9.59 Å². The molecule has 3 atom stereocenters. The Labute approximate surface area is 150 Å². The van der Waals surface area contributed by atoms with Crippen LogP contribution >= 0.6 is 0 Å². The molecule has 0 unspecified atom stereocenters. The number of ether oxygens (including phenoxy) is 3. The summed E-state index contributed by atoms with van der Waals surface area (Å²) in [7, 11) is 0. The summed E-state index contributed by atoms with van der Waals surface area (Å²) in [5.74, 6) is -1.00. The number of carbonyl (C=O) groups is 2. The van der Waals surface area contributed by atoms with Gasteiger partial charge < -0.3 is 14.2 Å². The molecule has 0 N–H and O–H groups in total. The fraction of sp³-hybridized carbons (Fsp3) is 0.250. The van der Waals surface area contributed by atoms with Gasteiger partial charge in [-0.05, 0) is 24.3 Å². The number of hydrogen-bond donors (Lipinski definition) is 0. The number of carbonyl (C=O) groups excluding carboxylic acids is 2. The van der Waals surface area contributed by atoms with Crippen molar-refractivity contribution in [2.24, 2.45) is 0 Å². The zero-order valence-corrected chi connectivity index (χ0v) is 13.9. The van der Waals surface area contributed by atoms with Crippen molar-refractivity contribution in [3.63, 3.8) is 0 Å². The summed E-state index contributed by atoms with van der Waals surface area (Å²) >= 11 is 0. The molecule has 0 bridgehead atoms. The van der Waals surface area contributed by atoms with Crippen molar-refractivity contribution < 1.29 is 23.8 Å². The molecule has 1 aliphatic heterocycles. The van der Waals surface area contributed by atoms with E-state index in [1.54, 1.807) is 60.7 Å². The number of hydrogen-bond acceptors (Lipinski definition) is 6. The fourth-order valence-electron chi connectivity index (χ4n) is 2.67. The first-order valence-corrected chi connectivity index (χ1v) is 8.20. The Hall–Kier alpha value is -3.17. The third-order valence-corrected chi connectivity index (χ3v) is 4.00. The van der Waals surface area contributed by atoms with Gasteiger partial charge in [-0.15, -0.1) is 0 Å². The fourth-order valence-corrected chi connectivity index (χ4v) is 2.67. The molecule has 6 heteroatoms. The van der Waals surface area contributed by atoms with E-state index in [1.807, 2.05) is 6.07 Å². The topological polar surface area (TPSA) is 85.6 Å². The molecule has 2 aromatic rings. The van der Waals surface area contributed by atoms with Gasteiger partial charge in [0.05, 0.1) is 17.2 Å². The highest BCUT2D eigenvalue weighted by atomic mass is 16.6. The van der Waals surface area contributed by atoms with Crippen molar-refractivity contribution >= 4 is 11.9 Å². The zero-order chi connectivity index (χ0) is 18.4. The first-order chi connectivity index (χ1) is 12.7. The Balaban J connectivity index is 1.62. The standard InChI is InChI=1S/C20H17NO5/c21-12-16-11-17(26-20(23)15-9-5-2-6-10-15)18(25-16)13-24-19(22)14-7-3-1-4-8-14/h1-10,16-18H,11,13H2/t16-,17+,18-/m1/s1. The van der Waals surface area contributed by atoms with Crippen LogP contribution in [0.4, 0.5) is 0 Å². The van der Waals surface area contributed by atoms with Crippen molar-refractivity contribution in [3.05, 3.63) is 71.8 Å². The maximum atomic E-state index is 12.2. The molecule has 132 valence electrons. The van der Waals surface area contributed by atoms with Crippen LogP contribution in [0.2, 0.25) is 0 Å². The van der Waals surface area contributed by atoms with Crippen LogP contribution in [0.25, 0.3) is 0 Å². The van der Waals surface area contributed by atoms with Gasteiger partial charge in [0, 0.05) is 6.42 Å². The van der Waals surface area contributed by atoms with Gasteiger partial charge in [-0.2, -0.15) is 5.26 Å². The Morgan fingerprint density at radius 1 is 1.00 bits per heavy atom. The monoisotopic (exact) mass is 351 g/mol. The van der Waals surface area contributed by atoms with Crippen LogP contribution in [-0.2, 0) is 14.2 Å². The molecule has 0 radical (unpaired) electrons. The van der Waals surface area contributed by atoms with Crippen LogP contribution in [0.5, 0.6) is 0 Å². The average molecular weight is 351 g/mol. The molecule has 3 rings (SSSR count). The van der Waals surface area contributed by atoms with Crippen molar-refractivity contribution in [2.45, 2.75) is 24.7 Å². The molecule has 2 aromatic carbocycles. The molecule has 0 spiro atoms. The summed E-state index contributed by atoms with van der Waals surface area (Å²) in [5.41, 5.74) is 0.827. The maximum absolute atomic E-state index is 12.2. The Kier molecular flexibility index (Phi) is 5.62. The molecule has 1 fully saturated rings. The Morgan fingerprint density at radius 2 is 1.58 bits per heavy atom. The molecule has 6 nitrogen and oxygen atoms in total. The lowest BCUT2D eigenvalue weighted by molar-refractivity contribution is -0.0350.